The molecule has 0 aromatic heterocycles. The number of aliphatic hydroxyl groups is 1. The minimum Gasteiger partial charge on any atom is -0.497 e. The average molecular weight is 329 g/mol. The predicted octanol–water partition coefficient (Wildman–Crippen LogP) is 3.82. The zero-order chi connectivity index (χ0) is 14.0. The second-order valence-corrected chi connectivity index (χ2v) is 4.79. The number of rotatable bonds is 3. The summed E-state index contributed by atoms with van der Waals surface area (Å²) in [6.45, 7) is 0. The molecular weight excluding hydrogens is 318 g/mol. The van der Waals surface area contributed by atoms with Crippen molar-refractivity contribution in [2.45, 2.75) is 6.10 Å². The minimum absolute atomic E-state index is 0.106. The van der Waals surface area contributed by atoms with Crippen LogP contribution in [0.1, 0.15) is 17.2 Å². The van der Waals surface area contributed by atoms with Gasteiger partial charge in [-0.25, -0.2) is 8.78 Å². The van der Waals surface area contributed by atoms with Gasteiger partial charge in [0.2, 0.25) is 0 Å². The number of benzene rings is 2. The summed E-state index contributed by atoms with van der Waals surface area (Å²) in [6.07, 6.45) is -1.25. The molecule has 0 saturated heterocycles. The van der Waals surface area contributed by atoms with Crippen LogP contribution in [-0.4, -0.2) is 12.2 Å². The van der Waals surface area contributed by atoms with Crippen LogP contribution < -0.4 is 4.74 Å². The molecule has 0 aliphatic rings. The van der Waals surface area contributed by atoms with Gasteiger partial charge in [-0.3, -0.25) is 0 Å². The summed E-state index contributed by atoms with van der Waals surface area (Å²) >= 11 is 3.27. The zero-order valence-corrected chi connectivity index (χ0v) is 11.6. The molecule has 5 heteroatoms. The van der Waals surface area contributed by atoms with E-state index in [0.717, 1.165) is 6.07 Å². The lowest BCUT2D eigenvalue weighted by atomic mass is 10.0. The Kier molecular flexibility index (Phi) is 4.17. The maximum atomic E-state index is 13.6. The molecular formula is C14H11BrF2O2. The number of halogens is 3. The predicted molar refractivity (Wildman–Crippen MR) is 71.1 cm³/mol. The van der Waals surface area contributed by atoms with Crippen LogP contribution >= 0.6 is 15.9 Å². The molecule has 2 nitrogen and oxygen atoms in total. The summed E-state index contributed by atoms with van der Waals surface area (Å²) < 4.78 is 32.4. The topological polar surface area (TPSA) is 29.5 Å². The lowest BCUT2D eigenvalue weighted by molar-refractivity contribution is 0.212. The van der Waals surface area contributed by atoms with Crippen molar-refractivity contribution in [2.24, 2.45) is 0 Å². The normalized spacial score (nSPS) is 12.3. The SMILES string of the molecule is COc1ccc(C(O)c2cccc(F)c2F)c(Br)c1. The molecule has 2 aromatic rings. The van der Waals surface area contributed by atoms with Gasteiger partial charge in [0.15, 0.2) is 11.6 Å². The Labute approximate surface area is 117 Å². The van der Waals surface area contributed by atoms with Crippen LogP contribution in [0.2, 0.25) is 0 Å². The zero-order valence-electron chi connectivity index (χ0n) is 10.0. The number of hydrogen-bond donors (Lipinski definition) is 1. The maximum absolute atomic E-state index is 13.6. The van der Waals surface area contributed by atoms with Crippen LogP contribution in [0.4, 0.5) is 8.78 Å². The van der Waals surface area contributed by atoms with Gasteiger partial charge in [-0.05, 0) is 23.8 Å². The van der Waals surface area contributed by atoms with Crippen molar-refractivity contribution in [3.63, 3.8) is 0 Å². The third-order valence-electron chi connectivity index (χ3n) is 2.78. The highest BCUT2D eigenvalue weighted by atomic mass is 79.9. The highest BCUT2D eigenvalue weighted by Gasteiger charge is 2.19. The molecule has 0 heterocycles. The van der Waals surface area contributed by atoms with Crippen molar-refractivity contribution in [3.8, 4) is 5.75 Å². The second kappa shape index (κ2) is 5.67. The summed E-state index contributed by atoms with van der Waals surface area (Å²) in [6, 6.07) is 8.59. The van der Waals surface area contributed by atoms with Crippen LogP contribution in [0, 0.1) is 11.6 Å². The van der Waals surface area contributed by atoms with Gasteiger partial charge >= 0.3 is 0 Å². The molecule has 0 saturated carbocycles. The Morgan fingerprint density at radius 3 is 2.53 bits per heavy atom. The van der Waals surface area contributed by atoms with E-state index in [0.29, 0.717) is 15.8 Å². The van der Waals surface area contributed by atoms with Crippen molar-refractivity contribution < 1.29 is 18.6 Å². The van der Waals surface area contributed by atoms with E-state index in [1.54, 1.807) is 18.2 Å². The highest BCUT2D eigenvalue weighted by molar-refractivity contribution is 9.10. The van der Waals surface area contributed by atoms with Crippen molar-refractivity contribution in [3.05, 3.63) is 63.6 Å². The molecule has 0 aliphatic carbocycles. The van der Waals surface area contributed by atoms with Crippen LogP contribution in [0.5, 0.6) is 5.75 Å². The number of methoxy groups -OCH3 is 1. The fourth-order valence-corrected chi connectivity index (χ4v) is 2.33. The fourth-order valence-electron chi connectivity index (χ4n) is 1.76. The van der Waals surface area contributed by atoms with E-state index in [2.05, 4.69) is 15.9 Å². The third kappa shape index (κ3) is 2.77. The molecule has 2 aromatic carbocycles. The van der Waals surface area contributed by atoms with Gasteiger partial charge in [0.05, 0.1) is 7.11 Å². The molecule has 1 unspecified atom stereocenters. The molecule has 1 atom stereocenters. The lowest BCUT2D eigenvalue weighted by Crippen LogP contribution is -2.05. The van der Waals surface area contributed by atoms with Gasteiger partial charge in [0.1, 0.15) is 11.9 Å². The van der Waals surface area contributed by atoms with Crippen molar-refractivity contribution in [1.82, 2.24) is 0 Å². The van der Waals surface area contributed by atoms with Gasteiger partial charge in [-0.15, -0.1) is 0 Å². The summed E-state index contributed by atoms with van der Waals surface area (Å²) in [4.78, 5) is 0. The van der Waals surface area contributed by atoms with E-state index < -0.39 is 17.7 Å². The quantitative estimate of drug-likeness (QED) is 0.928. The largest absolute Gasteiger partial charge is 0.497 e. The van der Waals surface area contributed by atoms with Crippen LogP contribution in [0.25, 0.3) is 0 Å². The van der Waals surface area contributed by atoms with E-state index in [-0.39, 0.29) is 5.56 Å². The second-order valence-electron chi connectivity index (χ2n) is 3.93. The van der Waals surface area contributed by atoms with Gasteiger partial charge in [0.25, 0.3) is 0 Å². The maximum Gasteiger partial charge on any atom is 0.164 e. The van der Waals surface area contributed by atoms with E-state index in [1.165, 1.54) is 19.2 Å². The summed E-state index contributed by atoms with van der Waals surface area (Å²) in [5.41, 5.74) is 0.330. The molecule has 0 amide bonds. The van der Waals surface area contributed by atoms with Crippen molar-refractivity contribution in [1.29, 1.82) is 0 Å². The molecule has 0 bridgehead atoms. The fraction of sp³-hybridized carbons (Fsp3) is 0.143. The van der Waals surface area contributed by atoms with E-state index in [1.807, 2.05) is 0 Å². The summed E-state index contributed by atoms with van der Waals surface area (Å²) in [5, 5.41) is 10.2. The third-order valence-corrected chi connectivity index (χ3v) is 3.47. The Hall–Kier alpha value is -1.46. The standard InChI is InChI=1S/C14H11BrF2O2/c1-19-8-5-6-9(11(15)7-8)14(18)10-3-2-4-12(16)13(10)17/h2-7,14,18H,1H3. The Morgan fingerprint density at radius 1 is 1.16 bits per heavy atom. The van der Waals surface area contributed by atoms with Gasteiger partial charge < -0.3 is 9.84 Å². The average Bonchev–Trinajstić information content (AvgIpc) is 2.41. The Balaban J connectivity index is 2.44. The van der Waals surface area contributed by atoms with E-state index in [4.69, 9.17) is 4.74 Å². The van der Waals surface area contributed by atoms with Gasteiger partial charge in [0, 0.05) is 10.0 Å². The first-order valence-corrected chi connectivity index (χ1v) is 6.29. The molecule has 2 rings (SSSR count). The molecule has 0 spiro atoms. The summed E-state index contributed by atoms with van der Waals surface area (Å²) in [5.74, 6) is -1.43. The highest BCUT2D eigenvalue weighted by Crippen LogP contribution is 2.32. The molecule has 0 radical (unpaired) electrons. The van der Waals surface area contributed by atoms with E-state index in [9.17, 15) is 13.9 Å². The van der Waals surface area contributed by atoms with Gasteiger partial charge in [-0.1, -0.05) is 34.1 Å². The van der Waals surface area contributed by atoms with Crippen LogP contribution in [-0.2, 0) is 0 Å². The molecule has 0 aliphatic heterocycles. The first kappa shape index (κ1) is 14.0. The van der Waals surface area contributed by atoms with Crippen LogP contribution in [0.15, 0.2) is 40.9 Å². The Morgan fingerprint density at radius 2 is 1.89 bits per heavy atom. The van der Waals surface area contributed by atoms with Gasteiger partial charge in [-0.2, -0.15) is 0 Å². The molecule has 1 N–H and O–H groups in total. The number of hydrogen-bond acceptors (Lipinski definition) is 2. The first-order valence-electron chi connectivity index (χ1n) is 5.50. The molecule has 19 heavy (non-hydrogen) atoms. The Bertz CT molecular complexity index is 602. The van der Waals surface area contributed by atoms with Crippen molar-refractivity contribution >= 4 is 15.9 Å². The number of aliphatic hydroxyl groups excluding tert-OH is 1. The summed E-state index contributed by atoms with van der Waals surface area (Å²) in [7, 11) is 1.52. The number of ether oxygens (including phenoxy) is 1. The lowest BCUT2D eigenvalue weighted by Gasteiger charge is -2.15. The van der Waals surface area contributed by atoms with Crippen molar-refractivity contribution in [2.75, 3.05) is 7.11 Å². The van der Waals surface area contributed by atoms with Crippen LogP contribution in [0.3, 0.4) is 0 Å². The van der Waals surface area contributed by atoms with E-state index >= 15 is 0 Å². The smallest absolute Gasteiger partial charge is 0.164 e. The monoisotopic (exact) mass is 328 g/mol. The first-order chi connectivity index (χ1) is 9.04. The molecule has 0 fully saturated rings. The molecule has 100 valence electrons. The minimum atomic E-state index is -1.25.